The fraction of sp³-hybridized carbons (Fsp3) is 0.158. The highest BCUT2D eigenvalue weighted by Crippen LogP contribution is 2.34. The first kappa shape index (κ1) is 18.2. The lowest BCUT2D eigenvalue weighted by Gasteiger charge is -2.13. The molecule has 0 radical (unpaired) electrons. The van der Waals surface area contributed by atoms with E-state index in [1.165, 1.54) is 31.6 Å². The maximum atomic E-state index is 12.9. The number of hydrogen-bond donors (Lipinski definition) is 0. The Morgan fingerprint density at radius 3 is 2.67 bits per heavy atom. The second-order valence-electron chi connectivity index (χ2n) is 5.90. The molecule has 0 aliphatic heterocycles. The fourth-order valence-corrected chi connectivity index (χ4v) is 2.84. The smallest absolute Gasteiger partial charge is 0.237 e. The largest absolute Gasteiger partial charge is 0.493 e. The molecule has 2 aromatic rings. The monoisotopic (exact) mass is 363 g/mol. The number of nitriles is 1. The number of furan rings is 1. The molecule has 3 rings (SSSR count). The van der Waals surface area contributed by atoms with Crippen LogP contribution in [0.15, 0.2) is 34.5 Å². The van der Waals surface area contributed by atoms with Gasteiger partial charge in [-0.15, -0.1) is 0 Å². The molecule has 1 aliphatic rings. The number of allylic oxidation sites excluding steroid dienone is 1. The molecule has 8 heteroatoms. The summed E-state index contributed by atoms with van der Waals surface area (Å²) in [6.07, 6.45) is 1.19. The van der Waals surface area contributed by atoms with Gasteiger partial charge in [0.2, 0.25) is 11.6 Å². The van der Waals surface area contributed by atoms with Gasteiger partial charge in [0.05, 0.1) is 18.2 Å². The first-order valence-corrected chi connectivity index (χ1v) is 8.01. The number of ketones is 3. The number of fused-ring (bicyclic) bond motifs is 1. The van der Waals surface area contributed by atoms with E-state index in [0.717, 1.165) is 0 Å². The van der Waals surface area contributed by atoms with E-state index >= 15 is 0 Å². The van der Waals surface area contributed by atoms with Gasteiger partial charge in [-0.3, -0.25) is 14.4 Å². The summed E-state index contributed by atoms with van der Waals surface area (Å²) in [6.45, 7) is 1.38. The first-order valence-electron chi connectivity index (χ1n) is 8.01. The molecule has 27 heavy (non-hydrogen) atoms. The lowest BCUT2D eigenvalue weighted by Crippen LogP contribution is -2.24. The highest BCUT2D eigenvalue weighted by molar-refractivity contribution is 6.59. The molecular formula is C19H14BNO6. The molecule has 0 atom stereocenters. The SMILES string of the molecule is BC1=C(C)C(=O)C(=O)c2c(C(=O)c3ccc(OCC#N)c(OC)c3)coc21. The minimum atomic E-state index is -0.758. The third-order valence-electron chi connectivity index (χ3n) is 4.43. The molecule has 0 N–H and O–H groups in total. The number of methoxy groups -OCH3 is 1. The van der Waals surface area contributed by atoms with Gasteiger partial charge in [0.1, 0.15) is 25.9 Å². The van der Waals surface area contributed by atoms with Crippen LogP contribution in [0.1, 0.15) is 39.0 Å². The summed E-state index contributed by atoms with van der Waals surface area (Å²) < 4.78 is 15.8. The minimum Gasteiger partial charge on any atom is -0.493 e. The molecule has 134 valence electrons. The summed E-state index contributed by atoms with van der Waals surface area (Å²) in [5.74, 6) is -1.08. The number of benzene rings is 1. The summed E-state index contributed by atoms with van der Waals surface area (Å²) in [6, 6.07) is 6.27. The van der Waals surface area contributed by atoms with E-state index < -0.39 is 17.3 Å². The van der Waals surface area contributed by atoms with Crippen molar-refractivity contribution in [3.8, 4) is 17.6 Å². The Hall–Kier alpha value is -3.60. The predicted octanol–water partition coefficient (Wildman–Crippen LogP) is 1.55. The maximum absolute atomic E-state index is 12.9. The molecule has 0 spiro atoms. The summed E-state index contributed by atoms with van der Waals surface area (Å²) in [5.41, 5.74) is 1.07. The second kappa shape index (κ2) is 6.96. The number of nitrogens with zero attached hydrogens (tertiary/aromatic N) is 1. The van der Waals surface area contributed by atoms with E-state index in [-0.39, 0.29) is 34.8 Å². The van der Waals surface area contributed by atoms with Crippen molar-refractivity contribution in [2.45, 2.75) is 6.92 Å². The van der Waals surface area contributed by atoms with Gasteiger partial charge < -0.3 is 13.9 Å². The molecule has 1 aromatic heterocycles. The van der Waals surface area contributed by atoms with Gasteiger partial charge in [0, 0.05) is 5.56 Å². The van der Waals surface area contributed by atoms with Crippen molar-refractivity contribution >= 4 is 30.7 Å². The van der Waals surface area contributed by atoms with Crippen molar-refractivity contribution in [1.82, 2.24) is 0 Å². The van der Waals surface area contributed by atoms with Gasteiger partial charge >= 0.3 is 0 Å². The Balaban J connectivity index is 2.04. The maximum Gasteiger partial charge on any atom is 0.237 e. The number of ether oxygens (including phenoxy) is 2. The lowest BCUT2D eigenvalue weighted by atomic mass is 9.78. The summed E-state index contributed by atoms with van der Waals surface area (Å²) in [7, 11) is 3.07. The van der Waals surface area contributed by atoms with Crippen molar-refractivity contribution in [1.29, 1.82) is 5.26 Å². The van der Waals surface area contributed by atoms with Crippen LogP contribution in [-0.4, -0.2) is 38.9 Å². The summed E-state index contributed by atoms with van der Waals surface area (Å²) in [5, 5.41) is 8.61. The molecular weight excluding hydrogens is 349 g/mol. The van der Waals surface area contributed by atoms with Crippen LogP contribution in [0.4, 0.5) is 0 Å². The van der Waals surface area contributed by atoms with Crippen LogP contribution in [0.25, 0.3) is 5.47 Å². The Morgan fingerprint density at radius 2 is 2.00 bits per heavy atom. The topological polar surface area (TPSA) is 107 Å². The van der Waals surface area contributed by atoms with Crippen LogP contribution in [0, 0.1) is 11.3 Å². The molecule has 0 saturated heterocycles. The molecule has 1 heterocycles. The highest BCUT2D eigenvalue weighted by atomic mass is 16.5. The third-order valence-corrected chi connectivity index (χ3v) is 4.43. The highest BCUT2D eigenvalue weighted by Gasteiger charge is 2.35. The van der Waals surface area contributed by atoms with E-state index in [2.05, 4.69) is 0 Å². The molecule has 0 saturated carbocycles. The van der Waals surface area contributed by atoms with E-state index in [9.17, 15) is 14.4 Å². The van der Waals surface area contributed by atoms with Crippen molar-refractivity contribution in [2.24, 2.45) is 0 Å². The van der Waals surface area contributed by atoms with Crippen LogP contribution in [0.3, 0.4) is 0 Å². The van der Waals surface area contributed by atoms with Crippen LogP contribution in [0.5, 0.6) is 11.5 Å². The van der Waals surface area contributed by atoms with Gasteiger partial charge in [-0.1, -0.05) is 0 Å². The average Bonchev–Trinajstić information content (AvgIpc) is 3.13. The van der Waals surface area contributed by atoms with Gasteiger partial charge in [-0.05, 0) is 36.2 Å². The fourth-order valence-electron chi connectivity index (χ4n) is 2.84. The molecule has 7 nitrogen and oxygen atoms in total. The summed E-state index contributed by atoms with van der Waals surface area (Å²) in [4.78, 5) is 37.5. The average molecular weight is 363 g/mol. The van der Waals surface area contributed by atoms with Crippen LogP contribution < -0.4 is 9.47 Å². The Bertz CT molecular complexity index is 1060. The Labute approximate surface area is 155 Å². The first-order chi connectivity index (χ1) is 12.9. The number of hydrogen-bond acceptors (Lipinski definition) is 7. The van der Waals surface area contributed by atoms with E-state index in [4.69, 9.17) is 19.2 Å². The molecule has 1 aromatic carbocycles. The Morgan fingerprint density at radius 1 is 1.26 bits per heavy atom. The number of rotatable bonds is 5. The minimum absolute atomic E-state index is 0.0166. The molecule has 0 bridgehead atoms. The van der Waals surface area contributed by atoms with Gasteiger partial charge in [0.15, 0.2) is 23.9 Å². The molecule has 0 fully saturated rings. The zero-order chi connectivity index (χ0) is 19.7. The van der Waals surface area contributed by atoms with Crippen LogP contribution >= 0.6 is 0 Å². The normalized spacial score (nSPS) is 13.2. The van der Waals surface area contributed by atoms with E-state index in [1.54, 1.807) is 14.8 Å². The van der Waals surface area contributed by atoms with E-state index in [1.807, 2.05) is 6.07 Å². The van der Waals surface area contributed by atoms with Crippen molar-refractivity contribution in [3.63, 3.8) is 0 Å². The third kappa shape index (κ3) is 2.93. The van der Waals surface area contributed by atoms with Gasteiger partial charge in [0.25, 0.3) is 0 Å². The van der Waals surface area contributed by atoms with Crippen molar-refractivity contribution in [3.05, 3.63) is 52.5 Å². The number of carbonyl (C=O) groups is 3. The standard InChI is InChI=1S/C19H14BNO6/c1-9-15(20)19-14(18(24)16(9)22)11(8-27-19)17(23)10-3-4-12(26-6-5-21)13(7-10)25-2/h3-4,7-8H,6,20H2,1-2H3. The van der Waals surface area contributed by atoms with Gasteiger partial charge in [-0.2, -0.15) is 5.26 Å². The number of carbonyl (C=O) groups excluding carboxylic acids is 3. The molecule has 0 unspecified atom stereocenters. The van der Waals surface area contributed by atoms with Gasteiger partial charge in [-0.25, -0.2) is 0 Å². The second-order valence-corrected chi connectivity index (χ2v) is 5.90. The summed E-state index contributed by atoms with van der Waals surface area (Å²) >= 11 is 0. The quantitative estimate of drug-likeness (QED) is 0.451. The zero-order valence-corrected chi connectivity index (χ0v) is 14.9. The molecule has 0 amide bonds. The van der Waals surface area contributed by atoms with Crippen molar-refractivity contribution < 1.29 is 28.3 Å². The predicted molar refractivity (Wildman–Crippen MR) is 96.7 cm³/mol. The molecule has 1 aliphatic carbocycles. The number of Topliss-reactive ketones (excluding diaryl/α,β-unsaturated/α-hetero) is 2. The van der Waals surface area contributed by atoms with E-state index in [0.29, 0.717) is 16.8 Å². The zero-order valence-electron chi connectivity index (χ0n) is 14.9. The Kier molecular flexibility index (Phi) is 4.69. The lowest BCUT2D eigenvalue weighted by molar-refractivity contribution is -0.111. The van der Waals surface area contributed by atoms with Crippen molar-refractivity contribution in [2.75, 3.05) is 13.7 Å². The van der Waals surface area contributed by atoms with Crippen LogP contribution in [-0.2, 0) is 4.79 Å². The van der Waals surface area contributed by atoms with Crippen LogP contribution in [0.2, 0.25) is 0 Å².